The first-order valence-corrected chi connectivity index (χ1v) is 8.20. The summed E-state index contributed by atoms with van der Waals surface area (Å²) >= 11 is 0. The predicted molar refractivity (Wildman–Crippen MR) is 82.6 cm³/mol. The van der Waals surface area contributed by atoms with E-state index in [0.717, 1.165) is 25.3 Å². The Labute approximate surface area is 127 Å². The maximum absolute atomic E-state index is 6.58. The maximum atomic E-state index is 6.58. The van der Waals surface area contributed by atoms with Gasteiger partial charge >= 0.3 is 0 Å². The first-order chi connectivity index (χ1) is 10.0. The average molecular weight is 287 g/mol. The zero-order chi connectivity index (χ0) is 14.6. The van der Waals surface area contributed by atoms with Crippen molar-refractivity contribution in [2.24, 2.45) is 11.8 Å². The van der Waals surface area contributed by atoms with Crippen molar-refractivity contribution in [3.63, 3.8) is 0 Å². The number of hydrogen-bond donors (Lipinski definition) is 1. The lowest BCUT2D eigenvalue weighted by Crippen LogP contribution is -2.54. The molecule has 21 heavy (non-hydrogen) atoms. The first-order valence-electron chi connectivity index (χ1n) is 8.20. The van der Waals surface area contributed by atoms with Gasteiger partial charge in [-0.1, -0.05) is 12.1 Å². The number of aryl methyl sites for hydroxylation is 1. The molecule has 0 spiro atoms. The lowest BCUT2D eigenvalue weighted by Gasteiger charge is -2.52. The summed E-state index contributed by atoms with van der Waals surface area (Å²) < 4.78 is 12.9. The van der Waals surface area contributed by atoms with Crippen molar-refractivity contribution in [2.45, 2.75) is 51.4 Å². The lowest BCUT2D eigenvalue weighted by molar-refractivity contribution is -0.178. The van der Waals surface area contributed by atoms with Crippen LogP contribution in [0.5, 0.6) is 5.75 Å². The molecule has 0 aromatic heterocycles. The zero-order valence-electron chi connectivity index (χ0n) is 13.2. The Morgan fingerprint density at radius 2 is 2.14 bits per heavy atom. The normalized spacial score (nSPS) is 36.9. The molecule has 2 fully saturated rings. The zero-order valence-corrected chi connectivity index (χ0v) is 13.2. The third-order valence-corrected chi connectivity index (χ3v) is 5.52. The fourth-order valence-electron chi connectivity index (χ4n) is 4.31. The van der Waals surface area contributed by atoms with E-state index in [1.54, 1.807) is 0 Å². The fraction of sp³-hybridized carbons (Fsp3) is 0.667. The summed E-state index contributed by atoms with van der Waals surface area (Å²) in [6.07, 6.45) is 2.94. The quantitative estimate of drug-likeness (QED) is 0.794. The maximum Gasteiger partial charge on any atom is 0.126 e. The van der Waals surface area contributed by atoms with Crippen molar-refractivity contribution in [3.05, 3.63) is 29.3 Å². The predicted octanol–water partition coefficient (Wildman–Crippen LogP) is 3.22. The van der Waals surface area contributed by atoms with Gasteiger partial charge in [0.15, 0.2) is 0 Å². The minimum atomic E-state index is -0.159. The van der Waals surface area contributed by atoms with Crippen molar-refractivity contribution in [1.29, 1.82) is 0 Å². The van der Waals surface area contributed by atoms with Crippen LogP contribution in [0.2, 0.25) is 0 Å². The summed E-state index contributed by atoms with van der Waals surface area (Å²) in [6.45, 7) is 8.73. The molecule has 3 heterocycles. The monoisotopic (exact) mass is 287 g/mol. The largest absolute Gasteiger partial charge is 0.487 e. The SMILES string of the molecule is Cc1ccc2c(c1)OC(C)(C)[C@H]1C[C@@H]3CNCC[C@@H]3O[C@H]21. The number of piperidine rings is 1. The Morgan fingerprint density at radius 3 is 3.00 bits per heavy atom. The van der Waals surface area contributed by atoms with Crippen molar-refractivity contribution in [1.82, 2.24) is 5.32 Å². The highest BCUT2D eigenvalue weighted by atomic mass is 16.5. The van der Waals surface area contributed by atoms with Gasteiger partial charge in [0.05, 0.1) is 12.2 Å². The molecule has 0 bridgehead atoms. The summed E-state index contributed by atoms with van der Waals surface area (Å²) in [5.74, 6) is 2.09. The van der Waals surface area contributed by atoms with E-state index in [1.165, 1.54) is 17.5 Å². The average Bonchev–Trinajstić information content (AvgIpc) is 2.45. The smallest absolute Gasteiger partial charge is 0.126 e. The molecule has 1 aromatic rings. The number of rotatable bonds is 0. The minimum absolute atomic E-state index is 0.159. The number of fused-ring (bicyclic) bond motifs is 4. The second-order valence-corrected chi connectivity index (χ2v) is 7.44. The van der Waals surface area contributed by atoms with Crippen molar-refractivity contribution in [2.75, 3.05) is 13.1 Å². The molecule has 0 radical (unpaired) electrons. The van der Waals surface area contributed by atoms with Gasteiger partial charge in [0.25, 0.3) is 0 Å². The molecule has 4 atom stereocenters. The van der Waals surface area contributed by atoms with Crippen LogP contribution >= 0.6 is 0 Å². The van der Waals surface area contributed by atoms with Crippen LogP contribution < -0.4 is 10.1 Å². The fourth-order valence-corrected chi connectivity index (χ4v) is 4.31. The van der Waals surface area contributed by atoms with E-state index in [0.29, 0.717) is 17.9 Å². The van der Waals surface area contributed by atoms with E-state index in [-0.39, 0.29) is 11.7 Å². The highest BCUT2D eigenvalue weighted by Gasteiger charge is 2.50. The molecular formula is C18H25NO2. The second-order valence-electron chi connectivity index (χ2n) is 7.44. The molecule has 114 valence electrons. The van der Waals surface area contributed by atoms with Gasteiger partial charge in [0.1, 0.15) is 11.4 Å². The summed E-state index contributed by atoms with van der Waals surface area (Å²) in [4.78, 5) is 0. The van der Waals surface area contributed by atoms with Gasteiger partial charge in [-0.3, -0.25) is 0 Å². The molecule has 3 nitrogen and oxygen atoms in total. The summed E-state index contributed by atoms with van der Waals surface area (Å²) in [6, 6.07) is 6.54. The van der Waals surface area contributed by atoms with Crippen LogP contribution in [0, 0.1) is 18.8 Å². The van der Waals surface area contributed by atoms with Crippen LogP contribution in [0.3, 0.4) is 0 Å². The van der Waals surface area contributed by atoms with Crippen LogP contribution in [-0.4, -0.2) is 24.8 Å². The van der Waals surface area contributed by atoms with E-state index in [1.807, 2.05) is 0 Å². The summed E-state index contributed by atoms with van der Waals surface area (Å²) in [5, 5.41) is 3.51. The molecule has 1 aromatic carbocycles. The van der Waals surface area contributed by atoms with E-state index < -0.39 is 0 Å². The van der Waals surface area contributed by atoms with Gasteiger partial charge in [-0.05, 0) is 57.7 Å². The van der Waals surface area contributed by atoms with Crippen LogP contribution in [0.15, 0.2) is 18.2 Å². The number of nitrogens with one attached hydrogen (secondary N) is 1. The lowest BCUT2D eigenvalue weighted by atomic mass is 9.71. The molecule has 3 aliphatic rings. The molecule has 3 heteroatoms. The topological polar surface area (TPSA) is 30.5 Å². The van der Waals surface area contributed by atoms with Gasteiger partial charge in [-0.15, -0.1) is 0 Å². The van der Waals surface area contributed by atoms with Crippen LogP contribution in [0.1, 0.15) is 43.9 Å². The molecular weight excluding hydrogens is 262 g/mol. The van der Waals surface area contributed by atoms with Gasteiger partial charge in [-0.2, -0.15) is 0 Å². The standard InChI is InChI=1S/C18H25NO2/c1-11-4-5-13-16(8-11)21-18(2,3)14-9-12-10-19-7-6-15(12)20-17(13)14/h4-5,8,12,14-15,17,19H,6-7,9-10H2,1-3H3/t12-,14+,15+,17-/m1/s1. The van der Waals surface area contributed by atoms with Crippen molar-refractivity contribution >= 4 is 0 Å². The number of ether oxygens (including phenoxy) is 2. The summed E-state index contributed by atoms with van der Waals surface area (Å²) in [7, 11) is 0. The summed E-state index contributed by atoms with van der Waals surface area (Å²) in [5.41, 5.74) is 2.34. The highest BCUT2D eigenvalue weighted by molar-refractivity contribution is 5.42. The Bertz CT molecular complexity index is 554. The van der Waals surface area contributed by atoms with E-state index in [4.69, 9.17) is 9.47 Å². The third-order valence-electron chi connectivity index (χ3n) is 5.52. The molecule has 4 rings (SSSR count). The molecule has 0 aliphatic carbocycles. The Hall–Kier alpha value is -1.06. The minimum Gasteiger partial charge on any atom is -0.487 e. The van der Waals surface area contributed by atoms with E-state index in [2.05, 4.69) is 44.3 Å². The van der Waals surface area contributed by atoms with Gasteiger partial charge in [0.2, 0.25) is 0 Å². The third kappa shape index (κ3) is 2.18. The molecule has 0 amide bonds. The van der Waals surface area contributed by atoms with Gasteiger partial charge in [0, 0.05) is 18.0 Å². The van der Waals surface area contributed by atoms with Crippen molar-refractivity contribution < 1.29 is 9.47 Å². The number of benzene rings is 1. The number of hydrogen-bond acceptors (Lipinski definition) is 3. The van der Waals surface area contributed by atoms with E-state index in [9.17, 15) is 0 Å². The van der Waals surface area contributed by atoms with Gasteiger partial charge < -0.3 is 14.8 Å². The van der Waals surface area contributed by atoms with Crippen LogP contribution in [0.4, 0.5) is 0 Å². The van der Waals surface area contributed by atoms with Crippen LogP contribution in [0.25, 0.3) is 0 Å². The molecule has 0 unspecified atom stereocenters. The molecule has 2 saturated heterocycles. The highest BCUT2D eigenvalue weighted by Crippen LogP contribution is 2.52. The van der Waals surface area contributed by atoms with Crippen molar-refractivity contribution in [3.8, 4) is 5.75 Å². The van der Waals surface area contributed by atoms with Crippen LogP contribution in [-0.2, 0) is 4.74 Å². The molecule has 0 saturated carbocycles. The Morgan fingerprint density at radius 1 is 1.29 bits per heavy atom. The van der Waals surface area contributed by atoms with E-state index >= 15 is 0 Å². The Balaban J connectivity index is 1.73. The molecule has 1 N–H and O–H groups in total. The van der Waals surface area contributed by atoms with Gasteiger partial charge in [-0.25, -0.2) is 0 Å². The Kier molecular flexibility index (Phi) is 3.05. The molecule has 3 aliphatic heterocycles. The first kappa shape index (κ1) is 13.6. The second kappa shape index (κ2) is 4.72.